The minimum absolute atomic E-state index is 0.159. The van der Waals surface area contributed by atoms with Gasteiger partial charge in [-0.3, -0.25) is 14.6 Å². The number of halogens is 1. The molecule has 0 radical (unpaired) electrons. The average molecular weight is 385 g/mol. The first-order valence-electron chi connectivity index (χ1n) is 8.51. The number of nitrogens with zero attached hydrogens (tertiary/aromatic N) is 1. The monoisotopic (exact) mass is 385 g/mol. The van der Waals surface area contributed by atoms with Crippen molar-refractivity contribution < 1.29 is 14.0 Å². The van der Waals surface area contributed by atoms with E-state index in [1.54, 1.807) is 30.4 Å². The molecule has 1 unspecified atom stereocenters. The van der Waals surface area contributed by atoms with Gasteiger partial charge in [-0.2, -0.15) is 0 Å². The Morgan fingerprint density at radius 1 is 1.33 bits per heavy atom. The third kappa shape index (κ3) is 4.03. The fourth-order valence-corrected chi connectivity index (χ4v) is 4.06. The normalized spacial score (nSPS) is 24.9. The van der Waals surface area contributed by atoms with Gasteiger partial charge in [-0.1, -0.05) is 42.1 Å². The molecule has 1 aromatic carbocycles. The van der Waals surface area contributed by atoms with Crippen LogP contribution in [0.3, 0.4) is 0 Å². The van der Waals surface area contributed by atoms with Gasteiger partial charge in [-0.05, 0) is 49.6 Å². The molecular formula is C20H20FN3O2S. The number of primary amides is 1. The van der Waals surface area contributed by atoms with Crippen molar-refractivity contribution in [3.8, 4) is 0 Å². The first-order chi connectivity index (χ1) is 12.8. The van der Waals surface area contributed by atoms with Crippen LogP contribution >= 0.6 is 11.8 Å². The van der Waals surface area contributed by atoms with Gasteiger partial charge < -0.3 is 11.1 Å². The van der Waals surface area contributed by atoms with Crippen LogP contribution in [0.25, 0.3) is 0 Å². The molecular weight excluding hydrogens is 365 g/mol. The lowest BCUT2D eigenvalue weighted by Crippen LogP contribution is -2.35. The van der Waals surface area contributed by atoms with E-state index in [2.05, 4.69) is 10.3 Å². The second-order valence-electron chi connectivity index (χ2n) is 6.54. The molecule has 1 aliphatic heterocycles. The summed E-state index contributed by atoms with van der Waals surface area (Å²) < 4.78 is 12.3. The zero-order valence-corrected chi connectivity index (χ0v) is 15.8. The number of nitrogens with one attached hydrogen (secondary N) is 1. The van der Waals surface area contributed by atoms with Crippen molar-refractivity contribution in [2.45, 2.75) is 31.1 Å². The number of carbonyl (C=O) groups is 2. The number of amides is 2. The average Bonchev–Trinajstić information content (AvgIpc) is 2.80. The summed E-state index contributed by atoms with van der Waals surface area (Å²) in [5.74, 6) is -0.965. The molecule has 1 aliphatic carbocycles. The maximum absolute atomic E-state index is 13.1. The van der Waals surface area contributed by atoms with Gasteiger partial charge in [0.1, 0.15) is 10.6 Å². The smallest absolute Gasteiger partial charge is 0.248 e. The third-order valence-electron chi connectivity index (χ3n) is 4.61. The van der Waals surface area contributed by atoms with Crippen molar-refractivity contribution in [3.05, 3.63) is 71.1 Å². The van der Waals surface area contributed by atoms with E-state index in [0.29, 0.717) is 17.2 Å². The van der Waals surface area contributed by atoms with E-state index < -0.39 is 10.7 Å². The largest absolute Gasteiger partial charge is 0.366 e. The molecule has 1 heterocycles. The Balaban J connectivity index is 1.83. The molecule has 27 heavy (non-hydrogen) atoms. The number of thioether (sulfide) groups is 1. The second-order valence-corrected chi connectivity index (χ2v) is 7.94. The molecule has 0 aromatic heterocycles. The molecule has 3 rings (SSSR count). The molecule has 1 fully saturated rings. The quantitative estimate of drug-likeness (QED) is 0.835. The Labute approximate surface area is 161 Å². The lowest BCUT2D eigenvalue weighted by molar-refractivity contribution is -0.120. The van der Waals surface area contributed by atoms with Crippen molar-refractivity contribution in [3.63, 3.8) is 0 Å². The number of hydrogen-bond donors (Lipinski definition) is 2. The Morgan fingerprint density at radius 2 is 2.04 bits per heavy atom. The predicted molar refractivity (Wildman–Crippen MR) is 106 cm³/mol. The van der Waals surface area contributed by atoms with Gasteiger partial charge in [0.15, 0.2) is 5.17 Å². The second kappa shape index (κ2) is 7.52. The van der Waals surface area contributed by atoms with E-state index >= 15 is 0 Å². The molecule has 140 valence electrons. The SMILES string of the molecule is C[C@H](N=C1NC(=O)C(C)(C2=CC=C(C(N)=O)C=CC2)S1)c1ccc(F)cc1. The molecule has 7 heteroatoms. The van der Waals surface area contributed by atoms with Gasteiger partial charge >= 0.3 is 0 Å². The van der Waals surface area contributed by atoms with Gasteiger partial charge in [0, 0.05) is 5.57 Å². The van der Waals surface area contributed by atoms with E-state index in [1.807, 2.05) is 19.9 Å². The molecule has 0 bridgehead atoms. The highest BCUT2D eigenvalue weighted by Gasteiger charge is 2.45. The Hall–Kier alpha value is -2.67. The van der Waals surface area contributed by atoms with Crippen molar-refractivity contribution in [1.29, 1.82) is 0 Å². The first kappa shape index (κ1) is 19.1. The minimum Gasteiger partial charge on any atom is -0.366 e. The van der Waals surface area contributed by atoms with Gasteiger partial charge in [0.05, 0.1) is 6.04 Å². The van der Waals surface area contributed by atoms with Crippen molar-refractivity contribution in [2.75, 3.05) is 0 Å². The van der Waals surface area contributed by atoms with Gasteiger partial charge in [-0.25, -0.2) is 4.39 Å². The number of rotatable bonds is 4. The fraction of sp³-hybridized carbons (Fsp3) is 0.250. The maximum Gasteiger partial charge on any atom is 0.248 e. The number of benzene rings is 1. The fourth-order valence-electron chi connectivity index (χ4n) is 2.89. The summed E-state index contributed by atoms with van der Waals surface area (Å²) >= 11 is 1.34. The number of carbonyl (C=O) groups excluding carboxylic acids is 2. The lowest BCUT2D eigenvalue weighted by atomic mass is 9.96. The highest BCUT2D eigenvalue weighted by atomic mass is 32.2. The molecule has 0 saturated carbocycles. The number of nitrogens with two attached hydrogens (primary N) is 1. The van der Waals surface area contributed by atoms with Crippen molar-refractivity contribution in [1.82, 2.24) is 5.32 Å². The van der Waals surface area contributed by atoms with E-state index in [9.17, 15) is 14.0 Å². The van der Waals surface area contributed by atoms with Crippen LogP contribution in [0.1, 0.15) is 31.9 Å². The number of hydrogen-bond acceptors (Lipinski definition) is 4. The van der Waals surface area contributed by atoms with Gasteiger partial charge in [0.2, 0.25) is 11.8 Å². The highest BCUT2D eigenvalue weighted by molar-refractivity contribution is 8.16. The lowest BCUT2D eigenvalue weighted by Gasteiger charge is -2.21. The molecule has 2 amide bonds. The molecule has 1 saturated heterocycles. The maximum atomic E-state index is 13.1. The molecule has 2 aliphatic rings. The Morgan fingerprint density at radius 3 is 2.70 bits per heavy atom. The number of allylic oxidation sites excluding steroid dienone is 3. The summed E-state index contributed by atoms with van der Waals surface area (Å²) in [7, 11) is 0. The van der Waals surface area contributed by atoms with E-state index in [4.69, 9.17) is 5.73 Å². The molecule has 2 atom stereocenters. The van der Waals surface area contributed by atoms with Crippen molar-refractivity contribution >= 4 is 28.7 Å². The highest BCUT2D eigenvalue weighted by Crippen LogP contribution is 2.41. The van der Waals surface area contributed by atoms with Crippen LogP contribution in [0.5, 0.6) is 0 Å². The zero-order valence-electron chi connectivity index (χ0n) is 15.0. The van der Waals surface area contributed by atoms with Crippen LogP contribution in [0, 0.1) is 5.82 Å². The van der Waals surface area contributed by atoms with Gasteiger partial charge in [0.25, 0.3) is 0 Å². The molecule has 3 N–H and O–H groups in total. The van der Waals surface area contributed by atoms with Crippen LogP contribution in [0.15, 0.2) is 64.7 Å². The summed E-state index contributed by atoms with van der Waals surface area (Å²) in [6.07, 6.45) is 7.43. The van der Waals surface area contributed by atoms with Crippen LogP contribution in [0.4, 0.5) is 4.39 Å². The number of amidine groups is 1. The topological polar surface area (TPSA) is 84.6 Å². The zero-order chi connectivity index (χ0) is 19.6. The van der Waals surface area contributed by atoms with Gasteiger partial charge in [-0.15, -0.1) is 0 Å². The molecule has 1 aromatic rings. The van der Waals surface area contributed by atoms with E-state index in [1.165, 1.54) is 23.9 Å². The standard InChI is InChI=1S/C20H20FN3O2S/c1-12(13-7-10-16(21)11-8-13)23-19-24-18(26)20(2,27-19)15-5-3-4-14(6-9-15)17(22)25/h3-4,6-12H,5H2,1-2H3,(H2,22,25)(H,23,24,26)/t12-,20?/m0/s1. The predicted octanol–water partition coefficient (Wildman–Crippen LogP) is 3.16. The van der Waals surface area contributed by atoms with Crippen LogP contribution in [-0.2, 0) is 9.59 Å². The molecule has 5 nitrogen and oxygen atoms in total. The summed E-state index contributed by atoms with van der Waals surface area (Å²) in [6.45, 7) is 3.72. The third-order valence-corrected chi connectivity index (χ3v) is 5.87. The first-order valence-corrected chi connectivity index (χ1v) is 9.32. The van der Waals surface area contributed by atoms with Crippen molar-refractivity contribution in [2.24, 2.45) is 10.7 Å². The number of aliphatic imine (C=N–C) groups is 1. The Kier molecular flexibility index (Phi) is 5.32. The minimum atomic E-state index is -0.824. The van der Waals surface area contributed by atoms with Crippen LogP contribution < -0.4 is 11.1 Å². The summed E-state index contributed by atoms with van der Waals surface area (Å²) in [5.41, 5.74) is 7.44. The van der Waals surface area contributed by atoms with Crippen LogP contribution in [0.2, 0.25) is 0 Å². The summed E-state index contributed by atoms with van der Waals surface area (Å²) in [5, 5.41) is 3.35. The molecule has 0 spiro atoms. The summed E-state index contributed by atoms with van der Waals surface area (Å²) in [4.78, 5) is 28.6. The van der Waals surface area contributed by atoms with Crippen LogP contribution in [-0.4, -0.2) is 21.7 Å². The van der Waals surface area contributed by atoms with E-state index in [-0.39, 0.29) is 17.8 Å². The summed E-state index contributed by atoms with van der Waals surface area (Å²) in [6, 6.07) is 5.92. The Bertz CT molecular complexity index is 902. The van der Waals surface area contributed by atoms with E-state index in [0.717, 1.165) is 11.1 Å².